The highest BCUT2D eigenvalue weighted by atomic mass is 35.5. The van der Waals surface area contributed by atoms with Gasteiger partial charge < -0.3 is 15.4 Å². The van der Waals surface area contributed by atoms with Gasteiger partial charge in [0.15, 0.2) is 0 Å². The van der Waals surface area contributed by atoms with Crippen LogP contribution in [0.3, 0.4) is 0 Å². The van der Waals surface area contributed by atoms with E-state index in [0.29, 0.717) is 33.9 Å². The number of amides is 1. The fourth-order valence-corrected chi connectivity index (χ4v) is 4.84. The van der Waals surface area contributed by atoms with Crippen molar-refractivity contribution in [3.63, 3.8) is 0 Å². The number of piperidine rings is 1. The van der Waals surface area contributed by atoms with Gasteiger partial charge in [0, 0.05) is 47.8 Å². The molecule has 1 amide bonds. The summed E-state index contributed by atoms with van der Waals surface area (Å²) in [5, 5.41) is 1.18. The van der Waals surface area contributed by atoms with Gasteiger partial charge >= 0.3 is 0 Å². The van der Waals surface area contributed by atoms with Crippen LogP contribution in [0.15, 0.2) is 18.5 Å². The molecule has 9 heteroatoms. The summed E-state index contributed by atoms with van der Waals surface area (Å²) in [6, 6.07) is 1.87. The van der Waals surface area contributed by atoms with Crippen LogP contribution in [0, 0.1) is 6.92 Å². The molecule has 1 unspecified atom stereocenters. The Bertz CT molecular complexity index is 1170. The second kappa shape index (κ2) is 9.24. The van der Waals surface area contributed by atoms with Crippen LogP contribution in [0.1, 0.15) is 60.5 Å². The minimum absolute atomic E-state index is 0.0355. The van der Waals surface area contributed by atoms with Gasteiger partial charge in [0.2, 0.25) is 0 Å². The number of anilines is 1. The zero-order valence-corrected chi connectivity index (χ0v) is 20.6. The second-order valence-corrected chi connectivity index (χ2v) is 9.46. The van der Waals surface area contributed by atoms with Gasteiger partial charge in [-0.2, -0.15) is 0 Å². The van der Waals surface area contributed by atoms with Crippen molar-refractivity contribution in [2.75, 3.05) is 18.8 Å². The molecular weight excluding hydrogens is 445 g/mol. The van der Waals surface area contributed by atoms with Crippen molar-refractivity contribution in [3.05, 3.63) is 46.1 Å². The van der Waals surface area contributed by atoms with E-state index >= 15 is 0 Å². The number of imidazole rings is 1. The Labute approximate surface area is 195 Å². The average Bonchev–Trinajstić information content (AvgIpc) is 3.08. The van der Waals surface area contributed by atoms with Crippen LogP contribution in [0.4, 0.5) is 5.82 Å². The van der Waals surface area contributed by atoms with Crippen molar-refractivity contribution < 1.29 is 9.53 Å². The van der Waals surface area contributed by atoms with Gasteiger partial charge in [-0.25, -0.2) is 9.97 Å². The van der Waals surface area contributed by atoms with Crippen LogP contribution >= 0.6 is 20.8 Å². The summed E-state index contributed by atoms with van der Waals surface area (Å²) in [6.07, 6.45) is 7.01. The molecule has 1 aliphatic heterocycles. The van der Waals surface area contributed by atoms with E-state index in [4.69, 9.17) is 27.1 Å². The lowest BCUT2D eigenvalue weighted by atomic mass is 10.0. The number of halogens is 1. The van der Waals surface area contributed by atoms with Crippen LogP contribution in [0.2, 0.25) is 5.02 Å². The summed E-state index contributed by atoms with van der Waals surface area (Å²) < 4.78 is 8.18. The SMILES string of the molecule is Cc1nc(Cc2cc(Cl)c(P)c(C(=O)N3CCCCC3)c2OC(C)C)n2ccnc(N)c12. The summed E-state index contributed by atoms with van der Waals surface area (Å²) in [4.78, 5) is 24.4. The van der Waals surface area contributed by atoms with Crippen molar-refractivity contribution >= 4 is 43.4 Å². The first-order valence-electron chi connectivity index (χ1n) is 10.9. The third-order valence-electron chi connectivity index (χ3n) is 5.74. The maximum atomic E-state index is 13.6. The van der Waals surface area contributed by atoms with E-state index in [9.17, 15) is 4.79 Å². The number of likely N-dealkylation sites (tertiary alicyclic amines) is 1. The second-order valence-electron chi connectivity index (χ2n) is 8.48. The smallest absolute Gasteiger partial charge is 0.258 e. The number of nitrogen functional groups attached to an aromatic ring is 1. The number of nitrogens with two attached hydrogens (primary N) is 1. The minimum atomic E-state index is -0.106. The maximum absolute atomic E-state index is 13.6. The molecule has 2 aromatic heterocycles. The van der Waals surface area contributed by atoms with Gasteiger partial charge in [0.05, 0.1) is 17.4 Å². The van der Waals surface area contributed by atoms with Gasteiger partial charge in [-0.1, -0.05) is 11.6 Å². The Hall–Kier alpha value is -2.37. The number of nitrogens with zero attached hydrogens (tertiary/aromatic N) is 4. The number of benzene rings is 1. The molecule has 1 aromatic carbocycles. The summed E-state index contributed by atoms with van der Waals surface area (Å²) in [5.74, 6) is 1.75. The predicted octanol–water partition coefficient (Wildman–Crippen LogP) is 3.78. The largest absolute Gasteiger partial charge is 0.490 e. The lowest BCUT2D eigenvalue weighted by Crippen LogP contribution is -2.38. The molecule has 4 rings (SSSR count). The monoisotopic (exact) mass is 473 g/mol. The molecule has 0 bridgehead atoms. The van der Waals surface area contributed by atoms with E-state index in [1.165, 1.54) is 0 Å². The van der Waals surface area contributed by atoms with Crippen LogP contribution < -0.4 is 15.8 Å². The van der Waals surface area contributed by atoms with Crippen LogP contribution in [-0.2, 0) is 6.42 Å². The van der Waals surface area contributed by atoms with E-state index in [1.54, 1.807) is 6.20 Å². The van der Waals surface area contributed by atoms with Gasteiger partial charge in [0.25, 0.3) is 5.91 Å². The lowest BCUT2D eigenvalue weighted by Gasteiger charge is -2.29. The molecule has 1 saturated heterocycles. The number of fused-ring (bicyclic) bond motifs is 1. The molecule has 1 aliphatic rings. The number of hydrogen-bond acceptors (Lipinski definition) is 5. The number of hydrogen-bond donors (Lipinski definition) is 1. The normalized spacial score (nSPS) is 14.4. The number of carbonyl (C=O) groups excluding carboxylic acids is 1. The summed E-state index contributed by atoms with van der Waals surface area (Å²) in [7, 11) is 2.63. The van der Waals surface area contributed by atoms with Crippen molar-refractivity contribution in [1.29, 1.82) is 0 Å². The van der Waals surface area contributed by atoms with Crippen LogP contribution in [0.25, 0.3) is 5.52 Å². The Morgan fingerprint density at radius 1 is 1.31 bits per heavy atom. The van der Waals surface area contributed by atoms with E-state index in [2.05, 4.69) is 14.2 Å². The molecule has 0 radical (unpaired) electrons. The lowest BCUT2D eigenvalue weighted by molar-refractivity contribution is 0.0719. The topological polar surface area (TPSA) is 85.8 Å². The summed E-state index contributed by atoms with van der Waals surface area (Å²) in [6.45, 7) is 7.33. The average molecular weight is 474 g/mol. The fourth-order valence-electron chi connectivity index (χ4n) is 4.28. The maximum Gasteiger partial charge on any atom is 0.258 e. The van der Waals surface area contributed by atoms with E-state index < -0.39 is 0 Å². The van der Waals surface area contributed by atoms with Gasteiger partial charge in [-0.05, 0) is 46.1 Å². The highest BCUT2D eigenvalue weighted by Crippen LogP contribution is 2.33. The number of aromatic nitrogens is 3. The van der Waals surface area contributed by atoms with Gasteiger partial charge in [-0.15, -0.1) is 9.24 Å². The van der Waals surface area contributed by atoms with Crippen LogP contribution in [-0.4, -0.2) is 44.4 Å². The molecule has 2 N–H and O–H groups in total. The standard InChI is InChI=1S/C23H29ClN5O2P/c1-13(2)31-20-15(12-17-27-14(3)19-22(25)26-7-10-29(17)19)11-16(24)21(32)18(20)23(30)28-8-5-4-6-9-28/h7,10-11,13H,4-6,8-9,12,32H2,1-3H3,(H2,25,26). The molecule has 1 fully saturated rings. The molecule has 0 spiro atoms. The molecule has 170 valence electrons. The zero-order valence-electron chi connectivity index (χ0n) is 18.7. The van der Waals surface area contributed by atoms with Gasteiger partial charge in [-0.3, -0.25) is 9.20 Å². The highest BCUT2D eigenvalue weighted by Gasteiger charge is 2.28. The quantitative estimate of drug-likeness (QED) is 0.570. The third-order valence-corrected chi connectivity index (χ3v) is 6.83. The number of carbonyl (C=O) groups is 1. The zero-order chi connectivity index (χ0) is 23.0. The fraction of sp³-hybridized carbons (Fsp3) is 0.435. The number of ether oxygens (including phenoxy) is 1. The van der Waals surface area contributed by atoms with Crippen molar-refractivity contribution in [2.24, 2.45) is 0 Å². The molecule has 1 atom stereocenters. The number of aryl methyl sites for hydroxylation is 1. The Morgan fingerprint density at radius 2 is 2.03 bits per heavy atom. The van der Waals surface area contributed by atoms with Crippen molar-refractivity contribution in [2.45, 2.75) is 52.6 Å². The first-order valence-corrected chi connectivity index (χ1v) is 11.9. The van der Waals surface area contributed by atoms with Gasteiger partial charge in [0.1, 0.15) is 22.9 Å². The molecular formula is C23H29ClN5O2P. The third kappa shape index (κ3) is 4.28. The van der Waals surface area contributed by atoms with E-state index in [-0.39, 0.29) is 12.0 Å². The summed E-state index contributed by atoms with van der Waals surface area (Å²) >= 11 is 6.62. The molecule has 0 aliphatic carbocycles. The first-order chi connectivity index (χ1) is 15.3. The molecule has 3 heterocycles. The van der Waals surface area contributed by atoms with Crippen molar-refractivity contribution in [1.82, 2.24) is 19.3 Å². The Balaban J connectivity index is 1.84. The predicted molar refractivity (Wildman–Crippen MR) is 131 cm³/mol. The van der Waals surface area contributed by atoms with E-state index in [0.717, 1.165) is 55.0 Å². The van der Waals surface area contributed by atoms with E-state index in [1.807, 2.05) is 42.3 Å². The van der Waals surface area contributed by atoms with Crippen LogP contribution in [0.5, 0.6) is 5.75 Å². The minimum Gasteiger partial charge on any atom is -0.490 e. The molecule has 7 nitrogen and oxygen atoms in total. The molecule has 0 saturated carbocycles. The van der Waals surface area contributed by atoms with Crippen molar-refractivity contribution in [3.8, 4) is 5.75 Å². The Kier molecular flexibility index (Phi) is 6.59. The first kappa shape index (κ1) is 22.8. The number of rotatable bonds is 5. The highest BCUT2D eigenvalue weighted by molar-refractivity contribution is 7.28. The molecule has 32 heavy (non-hydrogen) atoms. The molecule has 3 aromatic rings. The Morgan fingerprint density at radius 3 is 2.72 bits per heavy atom. The summed E-state index contributed by atoms with van der Waals surface area (Å²) in [5.41, 5.74) is 9.00.